The lowest BCUT2D eigenvalue weighted by Gasteiger charge is -2.12. The topological polar surface area (TPSA) is 47.6 Å². The first kappa shape index (κ1) is 13.1. The number of methoxy groups -OCH3 is 2. The summed E-state index contributed by atoms with van der Waals surface area (Å²) in [6.45, 7) is 0.626. The van der Waals surface area contributed by atoms with Crippen LogP contribution in [0.2, 0.25) is 0 Å². The summed E-state index contributed by atoms with van der Waals surface area (Å²) in [6, 6.07) is 5.26. The van der Waals surface area contributed by atoms with E-state index >= 15 is 0 Å². The molecule has 0 radical (unpaired) electrons. The number of alkyl halides is 1. The van der Waals surface area contributed by atoms with Gasteiger partial charge in [0.25, 0.3) is 5.91 Å². The van der Waals surface area contributed by atoms with Crippen molar-refractivity contribution in [2.45, 2.75) is 0 Å². The molecule has 0 fully saturated rings. The summed E-state index contributed by atoms with van der Waals surface area (Å²) in [5.74, 6) is 0.863. The Hall–Kier alpha value is -0.980. The fraction of sp³-hybridized carbons (Fsp3) is 0.364. The van der Waals surface area contributed by atoms with Crippen molar-refractivity contribution in [3.05, 3.63) is 23.8 Å². The van der Waals surface area contributed by atoms with Gasteiger partial charge in [-0.2, -0.15) is 0 Å². The molecule has 0 spiro atoms. The van der Waals surface area contributed by atoms with Crippen molar-refractivity contribution in [1.29, 1.82) is 0 Å². The van der Waals surface area contributed by atoms with Crippen LogP contribution < -0.4 is 14.8 Å². The fourth-order valence-electron chi connectivity index (χ4n) is 1.32. The number of hydrogen-bond acceptors (Lipinski definition) is 3. The highest BCUT2D eigenvalue weighted by Crippen LogP contribution is 2.27. The van der Waals surface area contributed by atoms with Crippen molar-refractivity contribution in [3.8, 4) is 11.5 Å². The summed E-state index contributed by atoms with van der Waals surface area (Å²) in [5.41, 5.74) is 0.442. The van der Waals surface area contributed by atoms with E-state index in [1.165, 1.54) is 14.2 Å². The van der Waals surface area contributed by atoms with Crippen LogP contribution in [0.3, 0.4) is 0 Å². The average Bonchev–Trinajstić information content (AvgIpc) is 2.34. The van der Waals surface area contributed by atoms with E-state index in [1.54, 1.807) is 18.2 Å². The molecule has 1 aromatic carbocycles. The molecule has 1 amide bonds. The lowest BCUT2D eigenvalue weighted by molar-refractivity contribution is 0.0950. The van der Waals surface area contributed by atoms with E-state index in [4.69, 9.17) is 9.47 Å². The number of carbonyl (C=O) groups excluding carboxylic acids is 1. The Labute approximate surface area is 108 Å². The third kappa shape index (κ3) is 3.01. The first-order chi connectivity index (χ1) is 7.74. The number of carbonyl (C=O) groups is 1. The molecule has 1 N–H and O–H groups in total. The van der Waals surface area contributed by atoms with Gasteiger partial charge < -0.3 is 14.8 Å². The van der Waals surface area contributed by atoms with Crippen LogP contribution in [0, 0.1) is 0 Å². The van der Waals surface area contributed by atoms with Crippen LogP contribution in [0.5, 0.6) is 11.5 Å². The van der Waals surface area contributed by atoms with Crippen molar-refractivity contribution in [2.75, 3.05) is 25.2 Å². The zero-order chi connectivity index (χ0) is 12.0. The van der Waals surface area contributed by atoms with E-state index < -0.39 is 0 Å². The second-order valence-electron chi connectivity index (χ2n) is 2.98. The van der Waals surface area contributed by atoms with Gasteiger partial charge in [-0.1, -0.05) is 28.7 Å². The van der Waals surface area contributed by atoms with Crippen molar-refractivity contribution in [1.82, 2.24) is 5.32 Å². The Morgan fingerprint density at radius 2 is 1.88 bits per heavy atom. The zero-order valence-corrected chi connectivity index (χ0v) is 11.4. The molecule has 1 rings (SSSR count). The third-order valence-electron chi connectivity index (χ3n) is 2.03. The van der Waals surface area contributed by atoms with E-state index in [0.717, 1.165) is 4.43 Å². The Kier molecular flexibility index (Phi) is 5.37. The van der Waals surface area contributed by atoms with Crippen LogP contribution >= 0.6 is 22.6 Å². The highest BCUT2D eigenvalue weighted by atomic mass is 127. The molecule has 1 aromatic rings. The van der Waals surface area contributed by atoms with Gasteiger partial charge in [0, 0.05) is 11.0 Å². The van der Waals surface area contributed by atoms with Crippen LogP contribution in [-0.2, 0) is 0 Å². The van der Waals surface area contributed by atoms with Crippen LogP contribution in [0.1, 0.15) is 10.4 Å². The molecular formula is C11H14INO3. The van der Waals surface area contributed by atoms with Crippen molar-refractivity contribution < 1.29 is 14.3 Å². The van der Waals surface area contributed by atoms with Gasteiger partial charge in [0.05, 0.1) is 14.2 Å². The molecule has 0 aliphatic carbocycles. The van der Waals surface area contributed by atoms with Crippen LogP contribution in [0.25, 0.3) is 0 Å². The molecule has 16 heavy (non-hydrogen) atoms. The molecule has 0 saturated heterocycles. The minimum absolute atomic E-state index is 0.175. The van der Waals surface area contributed by atoms with Crippen molar-refractivity contribution >= 4 is 28.5 Å². The predicted octanol–water partition coefficient (Wildman–Crippen LogP) is 1.87. The fourth-order valence-corrected chi connectivity index (χ4v) is 1.59. The van der Waals surface area contributed by atoms with Crippen LogP contribution in [-0.4, -0.2) is 31.1 Å². The molecule has 88 valence electrons. The maximum absolute atomic E-state index is 11.9. The van der Waals surface area contributed by atoms with Crippen molar-refractivity contribution in [2.24, 2.45) is 0 Å². The normalized spacial score (nSPS) is 9.69. The first-order valence-electron chi connectivity index (χ1n) is 4.79. The Bertz CT molecular complexity index is 346. The number of benzene rings is 1. The summed E-state index contributed by atoms with van der Waals surface area (Å²) < 4.78 is 11.2. The summed E-state index contributed by atoms with van der Waals surface area (Å²) in [5, 5.41) is 2.79. The van der Waals surface area contributed by atoms with E-state index in [2.05, 4.69) is 27.9 Å². The third-order valence-corrected chi connectivity index (χ3v) is 2.57. The highest BCUT2D eigenvalue weighted by molar-refractivity contribution is 14.1. The molecule has 0 unspecified atom stereocenters. The highest BCUT2D eigenvalue weighted by Gasteiger charge is 2.17. The lowest BCUT2D eigenvalue weighted by atomic mass is 10.1. The molecule has 0 aromatic heterocycles. The molecule has 0 bridgehead atoms. The molecule has 0 aliphatic rings. The molecule has 5 heteroatoms. The average molecular weight is 335 g/mol. The molecule has 0 atom stereocenters. The van der Waals surface area contributed by atoms with Crippen LogP contribution in [0.4, 0.5) is 0 Å². The van der Waals surface area contributed by atoms with Gasteiger partial charge >= 0.3 is 0 Å². The Morgan fingerprint density at radius 3 is 2.31 bits per heavy atom. The molecule has 0 heterocycles. The maximum atomic E-state index is 11.9. The Balaban J connectivity index is 3.03. The van der Waals surface area contributed by atoms with E-state index in [1.807, 2.05) is 0 Å². The van der Waals surface area contributed by atoms with Crippen molar-refractivity contribution in [3.63, 3.8) is 0 Å². The van der Waals surface area contributed by atoms with E-state index in [9.17, 15) is 4.79 Å². The monoisotopic (exact) mass is 335 g/mol. The quantitative estimate of drug-likeness (QED) is 0.660. The predicted molar refractivity (Wildman–Crippen MR) is 70.8 cm³/mol. The van der Waals surface area contributed by atoms with Crippen LogP contribution in [0.15, 0.2) is 18.2 Å². The minimum Gasteiger partial charge on any atom is -0.496 e. The van der Waals surface area contributed by atoms with Gasteiger partial charge in [0.1, 0.15) is 17.1 Å². The second-order valence-corrected chi connectivity index (χ2v) is 4.06. The SMILES string of the molecule is COc1cccc(OC)c1C(=O)NCCI. The number of rotatable bonds is 5. The number of amides is 1. The van der Waals surface area contributed by atoms with E-state index in [0.29, 0.717) is 23.6 Å². The second kappa shape index (κ2) is 6.57. The molecule has 4 nitrogen and oxygen atoms in total. The van der Waals surface area contributed by atoms with E-state index in [-0.39, 0.29) is 5.91 Å². The van der Waals surface area contributed by atoms with Gasteiger partial charge in [-0.15, -0.1) is 0 Å². The molecular weight excluding hydrogens is 321 g/mol. The molecule has 0 aliphatic heterocycles. The summed E-state index contributed by atoms with van der Waals surface area (Å²) in [7, 11) is 3.06. The summed E-state index contributed by atoms with van der Waals surface area (Å²) >= 11 is 2.20. The summed E-state index contributed by atoms with van der Waals surface area (Å²) in [4.78, 5) is 11.9. The number of hydrogen-bond donors (Lipinski definition) is 1. The zero-order valence-electron chi connectivity index (χ0n) is 9.25. The lowest BCUT2D eigenvalue weighted by Crippen LogP contribution is -2.26. The van der Waals surface area contributed by atoms with Gasteiger partial charge in [-0.05, 0) is 12.1 Å². The van der Waals surface area contributed by atoms with Gasteiger partial charge in [0.2, 0.25) is 0 Å². The number of nitrogens with one attached hydrogen (secondary N) is 1. The minimum atomic E-state index is -0.175. The van der Waals surface area contributed by atoms with Gasteiger partial charge in [-0.3, -0.25) is 4.79 Å². The standard InChI is InChI=1S/C11H14INO3/c1-15-8-4-3-5-9(16-2)10(8)11(14)13-7-6-12/h3-5H,6-7H2,1-2H3,(H,13,14). The first-order valence-corrected chi connectivity index (χ1v) is 6.32. The smallest absolute Gasteiger partial charge is 0.258 e. The van der Waals surface area contributed by atoms with Gasteiger partial charge in [-0.25, -0.2) is 0 Å². The van der Waals surface area contributed by atoms with Gasteiger partial charge in [0.15, 0.2) is 0 Å². The Morgan fingerprint density at radius 1 is 1.31 bits per heavy atom. The molecule has 0 saturated carbocycles. The summed E-state index contributed by atoms with van der Waals surface area (Å²) in [6.07, 6.45) is 0. The number of ether oxygens (including phenoxy) is 2. The maximum Gasteiger partial charge on any atom is 0.258 e. The number of halogens is 1. The largest absolute Gasteiger partial charge is 0.496 e.